The molecule has 0 saturated heterocycles. The van der Waals surface area contributed by atoms with Crippen molar-refractivity contribution in [2.75, 3.05) is 16.0 Å². The van der Waals surface area contributed by atoms with Gasteiger partial charge in [0.15, 0.2) is 0 Å². The summed E-state index contributed by atoms with van der Waals surface area (Å²) >= 11 is 0. The Morgan fingerprint density at radius 1 is 1.07 bits per heavy atom. The Morgan fingerprint density at radius 2 is 1.71 bits per heavy atom. The lowest BCUT2D eigenvalue weighted by atomic mass is 9.85. The minimum atomic E-state index is -0.967. The number of benzene rings is 2. The van der Waals surface area contributed by atoms with Gasteiger partial charge in [-0.25, -0.2) is 0 Å². The van der Waals surface area contributed by atoms with Crippen molar-refractivity contribution in [1.29, 1.82) is 0 Å². The quantitative estimate of drug-likeness (QED) is 0.532. The molecule has 148 valence electrons. The number of carbonyl (C=O) groups excluding carboxylic acids is 1. The maximum Gasteiger partial charge on any atom is 0.271 e. The molecule has 7 heteroatoms. The summed E-state index contributed by atoms with van der Waals surface area (Å²) in [5.74, 6) is -0.181. The third-order valence-corrected chi connectivity index (χ3v) is 5.11. The smallest absolute Gasteiger partial charge is 0.271 e. The maximum absolute atomic E-state index is 13.3. The molecule has 0 aromatic heterocycles. The third kappa shape index (κ3) is 3.78. The Hall–Kier alpha value is -3.09. The highest BCUT2D eigenvalue weighted by Gasteiger charge is 2.42. The van der Waals surface area contributed by atoms with Crippen molar-refractivity contribution < 1.29 is 9.72 Å². The molecule has 0 radical (unpaired) electrons. The van der Waals surface area contributed by atoms with Crippen LogP contribution in [-0.2, 0) is 4.79 Å². The highest BCUT2D eigenvalue weighted by Crippen LogP contribution is 2.39. The van der Waals surface area contributed by atoms with Crippen molar-refractivity contribution in [2.45, 2.75) is 52.1 Å². The topological polar surface area (TPSA) is 96.3 Å². The summed E-state index contributed by atoms with van der Waals surface area (Å²) in [7, 11) is 0. The van der Waals surface area contributed by atoms with Gasteiger partial charge in [-0.2, -0.15) is 0 Å². The second kappa shape index (κ2) is 6.82. The largest absolute Gasteiger partial charge is 0.378 e. The van der Waals surface area contributed by atoms with Crippen LogP contribution in [0.5, 0.6) is 0 Å². The molecule has 1 aliphatic rings. The number of rotatable bonds is 3. The molecule has 3 rings (SSSR count). The fourth-order valence-corrected chi connectivity index (χ4v) is 3.89. The van der Waals surface area contributed by atoms with Gasteiger partial charge in [-0.3, -0.25) is 14.9 Å². The molecule has 0 fully saturated rings. The zero-order valence-electron chi connectivity index (χ0n) is 16.8. The van der Waals surface area contributed by atoms with Gasteiger partial charge in [0.05, 0.1) is 16.3 Å². The van der Waals surface area contributed by atoms with Gasteiger partial charge >= 0.3 is 0 Å². The van der Waals surface area contributed by atoms with Crippen molar-refractivity contribution in [1.82, 2.24) is 0 Å². The van der Waals surface area contributed by atoms with Gasteiger partial charge in [-0.15, -0.1) is 0 Å². The number of amides is 1. The van der Waals surface area contributed by atoms with E-state index in [1.54, 1.807) is 6.07 Å². The van der Waals surface area contributed by atoms with Gasteiger partial charge in [-0.05, 0) is 51.8 Å². The molecule has 28 heavy (non-hydrogen) atoms. The van der Waals surface area contributed by atoms with Gasteiger partial charge in [0.2, 0.25) is 5.91 Å². The van der Waals surface area contributed by atoms with Crippen molar-refractivity contribution in [3.63, 3.8) is 0 Å². The number of nitrogens with zero attached hydrogens (tertiary/aromatic N) is 1. The number of aryl methyl sites for hydroxylation is 2. The van der Waals surface area contributed by atoms with Crippen LogP contribution >= 0.6 is 0 Å². The monoisotopic (exact) mass is 382 g/mol. The van der Waals surface area contributed by atoms with E-state index < -0.39 is 16.0 Å². The predicted octanol–water partition coefficient (Wildman–Crippen LogP) is 4.62. The summed E-state index contributed by atoms with van der Waals surface area (Å²) < 4.78 is 0. The van der Waals surface area contributed by atoms with E-state index in [9.17, 15) is 14.9 Å². The number of nitro benzene ring substituents is 1. The van der Waals surface area contributed by atoms with E-state index in [0.29, 0.717) is 12.1 Å². The van der Waals surface area contributed by atoms with E-state index in [-0.39, 0.29) is 11.6 Å². The molecule has 1 heterocycles. The predicted molar refractivity (Wildman–Crippen MR) is 112 cm³/mol. The molecule has 1 atom stereocenters. The molecule has 2 aromatic rings. The molecule has 7 nitrogen and oxygen atoms in total. The Balaban J connectivity index is 2.00. The summed E-state index contributed by atoms with van der Waals surface area (Å²) in [5, 5.41) is 20.9. The molecular weight excluding hydrogens is 356 g/mol. The van der Waals surface area contributed by atoms with Crippen molar-refractivity contribution in [3.8, 4) is 0 Å². The second-order valence-corrected chi connectivity index (χ2v) is 8.35. The minimum absolute atomic E-state index is 0.0229. The van der Waals surface area contributed by atoms with E-state index in [4.69, 9.17) is 0 Å². The molecule has 1 unspecified atom stereocenters. The first-order valence-electron chi connectivity index (χ1n) is 9.23. The Morgan fingerprint density at radius 3 is 2.32 bits per heavy atom. The summed E-state index contributed by atoms with van der Waals surface area (Å²) in [5.41, 5.74) is 2.65. The normalized spacial score (nSPS) is 20.2. The summed E-state index contributed by atoms with van der Waals surface area (Å²) in [6.45, 7) is 9.75. The fourth-order valence-electron chi connectivity index (χ4n) is 3.89. The lowest BCUT2D eigenvalue weighted by molar-refractivity contribution is -0.384. The van der Waals surface area contributed by atoms with Crippen LogP contribution in [-0.4, -0.2) is 21.9 Å². The molecular formula is C21H26N4O3. The molecule has 3 N–H and O–H groups in total. The first-order valence-corrected chi connectivity index (χ1v) is 9.23. The Bertz CT molecular complexity index is 934. The van der Waals surface area contributed by atoms with Crippen LogP contribution in [0.3, 0.4) is 0 Å². The SMILES string of the molecule is Cc1cccc(C)c1NC(=O)C1(C)CC(C)(C)Nc2ccc([N+](=O)[O-])cc2N1. The number of carbonyl (C=O) groups is 1. The lowest BCUT2D eigenvalue weighted by Gasteiger charge is -2.35. The minimum Gasteiger partial charge on any atom is -0.378 e. The van der Waals surface area contributed by atoms with Crippen LogP contribution < -0.4 is 16.0 Å². The summed E-state index contributed by atoms with van der Waals surface area (Å²) in [6, 6.07) is 10.5. The fraction of sp³-hybridized carbons (Fsp3) is 0.381. The Kier molecular flexibility index (Phi) is 4.79. The first-order chi connectivity index (χ1) is 13.0. The average molecular weight is 382 g/mol. The van der Waals surface area contributed by atoms with Crippen LogP contribution in [0.4, 0.5) is 22.7 Å². The van der Waals surface area contributed by atoms with Gasteiger partial charge in [0.1, 0.15) is 5.54 Å². The number of hydrogen-bond acceptors (Lipinski definition) is 5. The molecule has 2 aromatic carbocycles. The van der Waals surface area contributed by atoms with E-state index in [1.165, 1.54) is 12.1 Å². The summed E-state index contributed by atoms with van der Waals surface area (Å²) in [4.78, 5) is 24.1. The van der Waals surface area contributed by atoms with Crippen molar-refractivity contribution >= 4 is 28.7 Å². The van der Waals surface area contributed by atoms with E-state index in [2.05, 4.69) is 16.0 Å². The van der Waals surface area contributed by atoms with Crippen molar-refractivity contribution in [3.05, 3.63) is 57.6 Å². The van der Waals surface area contributed by atoms with Gasteiger partial charge in [0.25, 0.3) is 5.69 Å². The van der Waals surface area contributed by atoms with E-state index in [0.717, 1.165) is 22.5 Å². The average Bonchev–Trinajstić information content (AvgIpc) is 2.69. The lowest BCUT2D eigenvalue weighted by Crippen LogP contribution is -2.51. The second-order valence-electron chi connectivity index (χ2n) is 8.35. The summed E-state index contributed by atoms with van der Waals surface area (Å²) in [6.07, 6.45) is 0.485. The Labute approximate surface area is 164 Å². The highest BCUT2D eigenvalue weighted by molar-refractivity contribution is 6.02. The van der Waals surface area contributed by atoms with E-state index >= 15 is 0 Å². The molecule has 0 aliphatic carbocycles. The number of hydrogen-bond donors (Lipinski definition) is 3. The van der Waals surface area contributed by atoms with Gasteiger partial charge in [-0.1, -0.05) is 18.2 Å². The third-order valence-electron chi connectivity index (χ3n) is 5.11. The molecule has 1 aliphatic heterocycles. The van der Waals surface area contributed by atoms with Gasteiger partial charge in [0, 0.05) is 29.8 Å². The molecule has 1 amide bonds. The highest BCUT2D eigenvalue weighted by atomic mass is 16.6. The zero-order valence-corrected chi connectivity index (χ0v) is 16.8. The number of nitrogens with one attached hydrogen (secondary N) is 3. The van der Waals surface area contributed by atoms with Crippen LogP contribution in [0.25, 0.3) is 0 Å². The van der Waals surface area contributed by atoms with Crippen LogP contribution in [0.1, 0.15) is 38.3 Å². The number of anilines is 3. The van der Waals surface area contributed by atoms with Crippen LogP contribution in [0.15, 0.2) is 36.4 Å². The standard InChI is InChI=1S/C21H26N4O3/c1-13-7-6-8-14(2)18(13)22-19(26)21(5)12-20(3,4)23-16-10-9-15(25(27)28)11-17(16)24-21/h6-11,23-24H,12H2,1-5H3,(H,22,26). The number of fused-ring (bicyclic) bond motifs is 1. The zero-order chi connectivity index (χ0) is 20.7. The molecule has 0 saturated carbocycles. The molecule has 0 spiro atoms. The van der Waals surface area contributed by atoms with Gasteiger partial charge < -0.3 is 16.0 Å². The number of nitro groups is 1. The van der Waals surface area contributed by atoms with Crippen molar-refractivity contribution in [2.24, 2.45) is 0 Å². The van der Waals surface area contributed by atoms with Crippen LogP contribution in [0, 0.1) is 24.0 Å². The first kappa shape index (κ1) is 19.7. The number of non-ortho nitro benzene ring substituents is 1. The van der Waals surface area contributed by atoms with E-state index in [1.807, 2.05) is 52.8 Å². The molecule has 0 bridgehead atoms. The number of para-hydroxylation sites is 1. The van der Waals surface area contributed by atoms with Crippen LogP contribution in [0.2, 0.25) is 0 Å². The maximum atomic E-state index is 13.3.